The second-order valence-corrected chi connectivity index (χ2v) is 13.8. The number of hydrogen-bond donors (Lipinski definition) is 1. The lowest BCUT2D eigenvalue weighted by atomic mass is 9.90. The molecule has 10 nitrogen and oxygen atoms in total. The number of likely N-dealkylation sites (tertiary alicyclic amines) is 1. The van der Waals surface area contributed by atoms with Gasteiger partial charge < -0.3 is 15.0 Å². The first-order chi connectivity index (χ1) is 21.5. The molecule has 0 spiro atoms. The summed E-state index contributed by atoms with van der Waals surface area (Å²) in [6.45, 7) is 10.6. The fourth-order valence-electron chi connectivity index (χ4n) is 5.22. The molecule has 1 aliphatic heterocycles. The number of hydrogen-bond acceptors (Lipinski definition) is 7. The molecule has 3 aromatic heterocycles. The number of anilines is 2. The highest BCUT2D eigenvalue weighted by Crippen LogP contribution is 2.27. The van der Waals surface area contributed by atoms with E-state index in [4.69, 9.17) is 14.1 Å². The summed E-state index contributed by atoms with van der Waals surface area (Å²) in [6.07, 6.45) is 7.74. The van der Waals surface area contributed by atoms with Crippen LogP contribution in [0.4, 0.5) is 20.7 Å². The van der Waals surface area contributed by atoms with E-state index in [1.807, 2.05) is 39.8 Å². The molecule has 238 valence electrons. The molecule has 45 heavy (non-hydrogen) atoms. The smallest absolute Gasteiger partial charge is 0.410 e. The number of pyridine rings is 2. The molecule has 4 aromatic rings. The molecule has 2 atom stereocenters. The molecule has 5 rings (SSSR count). The van der Waals surface area contributed by atoms with Gasteiger partial charge in [-0.25, -0.2) is 28.0 Å². The number of piperidine rings is 1. The molecule has 1 amide bonds. The summed E-state index contributed by atoms with van der Waals surface area (Å²) in [7, 11) is -1.44. The number of ether oxygens (including phenoxy) is 1. The number of carbonyl (C=O) groups excluding carboxylic acids is 1. The van der Waals surface area contributed by atoms with Crippen LogP contribution in [0.25, 0.3) is 16.6 Å². The zero-order chi connectivity index (χ0) is 32.1. The van der Waals surface area contributed by atoms with Gasteiger partial charge in [-0.3, -0.25) is 0 Å². The maximum atomic E-state index is 15.0. The maximum absolute atomic E-state index is 15.0. The van der Waals surface area contributed by atoms with E-state index in [9.17, 15) is 13.4 Å². The summed E-state index contributed by atoms with van der Waals surface area (Å²) in [5, 5.41) is 7.92. The molecule has 0 radical (unpaired) electrons. The number of benzene rings is 1. The van der Waals surface area contributed by atoms with Gasteiger partial charge in [0.2, 0.25) is 0 Å². The molecule has 1 aromatic carbocycles. The van der Waals surface area contributed by atoms with Crippen LogP contribution < -0.4 is 5.32 Å². The molecule has 0 bridgehead atoms. The highest BCUT2D eigenvalue weighted by atomic mass is 32.2. The third-order valence-electron chi connectivity index (χ3n) is 7.58. The van der Waals surface area contributed by atoms with E-state index in [2.05, 4.69) is 22.3 Å². The van der Waals surface area contributed by atoms with Gasteiger partial charge in [-0.05, 0) is 77.3 Å². The van der Waals surface area contributed by atoms with Gasteiger partial charge in [-0.15, -0.1) is 0 Å². The van der Waals surface area contributed by atoms with Gasteiger partial charge in [0.25, 0.3) is 0 Å². The van der Waals surface area contributed by atoms with Crippen LogP contribution in [-0.2, 0) is 15.7 Å². The Morgan fingerprint density at radius 3 is 2.64 bits per heavy atom. The number of halogens is 1. The number of nitrogens with zero attached hydrogens (tertiary/aromatic N) is 6. The molecule has 1 fully saturated rings. The minimum Gasteiger partial charge on any atom is -0.444 e. The maximum Gasteiger partial charge on any atom is 0.410 e. The van der Waals surface area contributed by atoms with Gasteiger partial charge in [0.05, 0.1) is 33.5 Å². The first-order valence-corrected chi connectivity index (χ1v) is 16.5. The van der Waals surface area contributed by atoms with Crippen molar-refractivity contribution in [2.24, 2.45) is 10.3 Å². The third kappa shape index (κ3) is 8.10. The molecule has 4 heterocycles. The number of aromatic nitrogens is 4. The largest absolute Gasteiger partial charge is 0.444 e. The molecule has 1 saturated heterocycles. The van der Waals surface area contributed by atoms with Crippen molar-refractivity contribution in [3.8, 4) is 5.69 Å². The summed E-state index contributed by atoms with van der Waals surface area (Å²) in [4.78, 5) is 23.8. The Bertz CT molecular complexity index is 1700. The van der Waals surface area contributed by atoms with E-state index in [0.29, 0.717) is 54.4 Å². The average molecular weight is 634 g/mol. The van der Waals surface area contributed by atoms with E-state index in [-0.39, 0.29) is 22.9 Å². The Kier molecular flexibility index (Phi) is 9.91. The monoisotopic (exact) mass is 633 g/mol. The minimum atomic E-state index is -1.44. The van der Waals surface area contributed by atoms with E-state index in [0.717, 1.165) is 18.2 Å². The first kappa shape index (κ1) is 32.2. The van der Waals surface area contributed by atoms with Crippen LogP contribution in [0.3, 0.4) is 0 Å². The third-order valence-corrected chi connectivity index (χ3v) is 8.88. The quantitative estimate of drug-likeness (QED) is 0.198. The van der Waals surface area contributed by atoms with E-state index < -0.39 is 22.4 Å². The molecule has 12 heteroatoms. The fourth-order valence-corrected chi connectivity index (χ4v) is 6.28. The Morgan fingerprint density at radius 2 is 1.98 bits per heavy atom. The van der Waals surface area contributed by atoms with E-state index in [1.165, 1.54) is 6.07 Å². The molecule has 0 aliphatic carbocycles. The highest BCUT2D eigenvalue weighted by molar-refractivity contribution is 7.84. The van der Waals surface area contributed by atoms with Gasteiger partial charge in [-0.2, -0.15) is 9.50 Å². The predicted octanol–water partition coefficient (Wildman–Crippen LogP) is 6.99. The van der Waals surface area contributed by atoms with Gasteiger partial charge in [0.1, 0.15) is 28.2 Å². The molecular formula is C33H40FN7O3S. The average Bonchev–Trinajstić information content (AvgIpc) is 3.55. The fraction of sp³-hybridized carbons (Fsp3) is 0.424. The van der Waals surface area contributed by atoms with Crippen molar-refractivity contribution in [2.75, 3.05) is 18.4 Å². The zero-order valence-corrected chi connectivity index (χ0v) is 27.2. The van der Waals surface area contributed by atoms with Crippen LogP contribution in [0.5, 0.6) is 0 Å². The van der Waals surface area contributed by atoms with Gasteiger partial charge >= 0.3 is 6.09 Å². The lowest BCUT2D eigenvalue weighted by Crippen LogP contribution is -2.43. The normalized spacial score (nSPS) is 16.0. The summed E-state index contributed by atoms with van der Waals surface area (Å²) in [5.41, 5.74) is 2.25. The van der Waals surface area contributed by atoms with Gasteiger partial charge in [0.15, 0.2) is 0 Å². The SMILES string of the molecule is CCCC(C)S(=O)/N=C(/c1ccc2cnc(Nc3ccc(-n4cccn4)cc3F)cc2n1)C1CCN(C(=O)OC(C)(C)C)CC1. The molecule has 1 aliphatic rings. The summed E-state index contributed by atoms with van der Waals surface area (Å²) in [5.74, 6) is -0.0436. The van der Waals surface area contributed by atoms with Crippen molar-refractivity contribution < 1.29 is 18.1 Å². The Morgan fingerprint density at radius 1 is 1.20 bits per heavy atom. The van der Waals surface area contributed by atoms with Gasteiger partial charge in [-0.1, -0.05) is 13.3 Å². The standard InChI is InChI=1S/C33H40FN7O3S/c1-6-8-22(2)45(43)39-31(23-13-17-40(18-14-23)32(42)44-33(3,4)5)28-11-9-24-21-35-30(20-29(24)37-28)38-27-12-10-25(19-26(27)34)41-16-7-15-36-41/h7,9-12,15-16,19-23H,6,8,13-14,17-18H2,1-5H3,(H,35,38)/b39-31+. The van der Waals surface area contributed by atoms with E-state index >= 15 is 0 Å². The number of fused-ring (bicyclic) bond motifs is 1. The molecule has 1 N–H and O–H groups in total. The zero-order valence-electron chi connectivity index (χ0n) is 26.4. The Balaban J connectivity index is 1.40. The van der Waals surface area contributed by atoms with Gasteiger partial charge in [0, 0.05) is 55.1 Å². The van der Waals surface area contributed by atoms with Crippen molar-refractivity contribution in [1.29, 1.82) is 0 Å². The van der Waals surface area contributed by atoms with Crippen molar-refractivity contribution in [2.45, 2.75) is 71.2 Å². The van der Waals surface area contributed by atoms with Crippen molar-refractivity contribution in [3.05, 3.63) is 72.6 Å². The second kappa shape index (κ2) is 13.8. The summed E-state index contributed by atoms with van der Waals surface area (Å²) in [6, 6.07) is 12.2. The van der Waals surface area contributed by atoms with E-state index in [1.54, 1.807) is 52.4 Å². The lowest BCUT2D eigenvalue weighted by Gasteiger charge is -2.33. The second-order valence-electron chi connectivity index (χ2n) is 12.3. The predicted molar refractivity (Wildman–Crippen MR) is 176 cm³/mol. The highest BCUT2D eigenvalue weighted by Gasteiger charge is 2.31. The summed E-state index contributed by atoms with van der Waals surface area (Å²) < 4.78 is 40.2. The number of nitrogens with one attached hydrogen (secondary N) is 1. The lowest BCUT2D eigenvalue weighted by molar-refractivity contribution is 0.0202. The number of amides is 1. The van der Waals surface area contributed by atoms with Crippen molar-refractivity contribution >= 4 is 45.2 Å². The van der Waals surface area contributed by atoms with Crippen LogP contribution in [0, 0.1) is 11.7 Å². The topological polar surface area (TPSA) is 115 Å². The number of carbonyl (C=O) groups is 1. The van der Waals surface area contributed by atoms with Crippen LogP contribution >= 0.6 is 0 Å². The Labute approximate surface area is 265 Å². The molecule has 2 unspecified atom stereocenters. The van der Waals surface area contributed by atoms with Crippen LogP contribution in [-0.4, -0.2) is 64.6 Å². The minimum absolute atomic E-state index is 0.0340. The molecular weight excluding hydrogens is 593 g/mol. The van der Waals surface area contributed by atoms with Crippen LogP contribution in [0.15, 0.2) is 65.5 Å². The molecule has 0 saturated carbocycles. The van der Waals surface area contributed by atoms with Crippen molar-refractivity contribution in [1.82, 2.24) is 24.6 Å². The van der Waals surface area contributed by atoms with Crippen LogP contribution in [0.2, 0.25) is 0 Å². The first-order valence-electron chi connectivity index (χ1n) is 15.3. The number of rotatable bonds is 9. The summed E-state index contributed by atoms with van der Waals surface area (Å²) >= 11 is 0. The van der Waals surface area contributed by atoms with Crippen LogP contribution in [0.1, 0.15) is 66.0 Å². The Hall–Kier alpha value is -4.19. The van der Waals surface area contributed by atoms with Crippen molar-refractivity contribution in [3.63, 3.8) is 0 Å².